The highest BCUT2D eigenvalue weighted by Crippen LogP contribution is 2.08. The molecule has 1 aliphatic rings. The lowest BCUT2D eigenvalue weighted by atomic mass is 10.1. The molecule has 1 aromatic heterocycles. The van der Waals surface area contributed by atoms with Crippen molar-refractivity contribution in [3.05, 3.63) is 23.5 Å². The summed E-state index contributed by atoms with van der Waals surface area (Å²) in [7, 11) is 0. The highest BCUT2D eigenvalue weighted by molar-refractivity contribution is 5.82. The Labute approximate surface area is 53.6 Å². The van der Waals surface area contributed by atoms with Crippen LogP contribution in [0.2, 0.25) is 0 Å². The first-order chi connectivity index (χ1) is 4.47. The second-order valence-corrected chi connectivity index (χ2v) is 2.13. The Balaban J connectivity index is 2.53. The first kappa shape index (κ1) is 4.79. The number of fused-ring (bicyclic) bond motifs is 1. The SMILES string of the molecule is [c]1[nH]cc2c1CCN=C2. The predicted molar refractivity (Wildman–Crippen MR) is 35.8 cm³/mol. The molecule has 2 heterocycles. The zero-order valence-electron chi connectivity index (χ0n) is 5.02. The highest BCUT2D eigenvalue weighted by atomic mass is 14.7. The van der Waals surface area contributed by atoms with Crippen molar-refractivity contribution in [3.8, 4) is 0 Å². The molecule has 2 heteroatoms. The fraction of sp³-hybridized carbons (Fsp3) is 0.286. The van der Waals surface area contributed by atoms with Gasteiger partial charge in [-0.3, -0.25) is 4.99 Å². The van der Waals surface area contributed by atoms with Gasteiger partial charge in [-0.05, 0) is 12.0 Å². The van der Waals surface area contributed by atoms with Crippen LogP contribution in [0.1, 0.15) is 11.1 Å². The van der Waals surface area contributed by atoms with Gasteiger partial charge in [0.1, 0.15) is 0 Å². The Morgan fingerprint density at radius 2 is 2.67 bits per heavy atom. The van der Waals surface area contributed by atoms with Gasteiger partial charge in [0, 0.05) is 24.5 Å². The molecule has 0 atom stereocenters. The van der Waals surface area contributed by atoms with Gasteiger partial charge in [-0.25, -0.2) is 0 Å². The molecule has 0 unspecified atom stereocenters. The van der Waals surface area contributed by atoms with Crippen molar-refractivity contribution < 1.29 is 0 Å². The van der Waals surface area contributed by atoms with Gasteiger partial charge in [0.15, 0.2) is 0 Å². The molecule has 0 fully saturated rings. The van der Waals surface area contributed by atoms with E-state index in [4.69, 9.17) is 0 Å². The first-order valence-electron chi connectivity index (χ1n) is 3.04. The predicted octanol–water partition coefficient (Wildman–Crippen LogP) is 0.790. The summed E-state index contributed by atoms with van der Waals surface area (Å²) in [5, 5.41) is 0. The van der Waals surface area contributed by atoms with Crippen LogP contribution in [0.4, 0.5) is 0 Å². The maximum absolute atomic E-state index is 4.13. The van der Waals surface area contributed by atoms with Crippen molar-refractivity contribution >= 4 is 6.21 Å². The number of aromatic amines is 1. The largest absolute Gasteiger partial charge is 0.359 e. The maximum Gasteiger partial charge on any atom is 0.0662 e. The summed E-state index contributed by atoms with van der Waals surface area (Å²) in [4.78, 5) is 7.05. The van der Waals surface area contributed by atoms with E-state index in [1.54, 1.807) is 0 Å². The molecule has 0 aliphatic carbocycles. The number of aromatic nitrogens is 1. The van der Waals surface area contributed by atoms with Crippen molar-refractivity contribution in [2.45, 2.75) is 6.42 Å². The summed E-state index contributed by atoms with van der Waals surface area (Å²) >= 11 is 0. The van der Waals surface area contributed by atoms with Crippen LogP contribution in [0.3, 0.4) is 0 Å². The van der Waals surface area contributed by atoms with Gasteiger partial charge in [-0.1, -0.05) is 0 Å². The summed E-state index contributed by atoms with van der Waals surface area (Å²) in [6.45, 7) is 0.918. The first-order valence-corrected chi connectivity index (χ1v) is 3.04. The Morgan fingerprint density at radius 3 is 3.56 bits per heavy atom. The average molecular weight is 119 g/mol. The quantitative estimate of drug-likeness (QED) is 0.523. The van der Waals surface area contributed by atoms with E-state index < -0.39 is 0 Å². The topological polar surface area (TPSA) is 28.1 Å². The smallest absolute Gasteiger partial charge is 0.0662 e. The molecule has 1 aliphatic heterocycles. The molecule has 1 aromatic rings. The molecule has 2 nitrogen and oxygen atoms in total. The zero-order valence-corrected chi connectivity index (χ0v) is 5.02. The van der Waals surface area contributed by atoms with Crippen molar-refractivity contribution in [2.24, 2.45) is 4.99 Å². The third-order valence-electron chi connectivity index (χ3n) is 1.52. The van der Waals surface area contributed by atoms with Crippen LogP contribution in [-0.4, -0.2) is 17.7 Å². The Bertz CT molecular complexity index is 235. The average Bonchev–Trinajstić information content (AvgIpc) is 2.33. The second-order valence-electron chi connectivity index (χ2n) is 2.13. The number of nitrogens with one attached hydrogen (secondary N) is 1. The summed E-state index contributed by atoms with van der Waals surface area (Å²) in [5.74, 6) is 0. The summed E-state index contributed by atoms with van der Waals surface area (Å²) in [6.07, 6.45) is 7.90. The van der Waals surface area contributed by atoms with E-state index in [1.807, 2.05) is 12.4 Å². The molecule has 0 spiro atoms. The standard InChI is InChI=1S/C7H7N2/c1-2-8-4-7-5-9-3-6(1)7/h4-5,9H,1-2H2. The van der Waals surface area contributed by atoms with Crippen LogP contribution in [0.25, 0.3) is 0 Å². The molecular formula is C7H7N2. The van der Waals surface area contributed by atoms with Crippen LogP contribution in [0.15, 0.2) is 11.2 Å². The van der Waals surface area contributed by atoms with Gasteiger partial charge in [-0.2, -0.15) is 0 Å². The number of rotatable bonds is 0. The minimum atomic E-state index is 0.918. The van der Waals surface area contributed by atoms with E-state index in [0.717, 1.165) is 13.0 Å². The zero-order chi connectivity index (χ0) is 6.10. The van der Waals surface area contributed by atoms with Crippen LogP contribution in [0.5, 0.6) is 0 Å². The number of hydrogen-bond acceptors (Lipinski definition) is 1. The molecule has 9 heavy (non-hydrogen) atoms. The van der Waals surface area contributed by atoms with Crippen LogP contribution < -0.4 is 0 Å². The van der Waals surface area contributed by atoms with Crippen molar-refractivity contribution in [3.63, 3.8) is 0 Å². The van der Waals surface area contributed by atoms with E-state index in [9.17, 15) is 0 Å². The van der Waals surface area contributed by atoms with Crippen molar-refractivity contribution in [2.75, 3.05) is 6.54 Å². The molecule has 2 rings (SSSR count). The molecule has 1 radical (unpaired) electrons. The summed E-state index contributed by atoms with van der Waals surface area (Å²) in [5.41, 5.74) is 2.46. The van der Waals surface area contributed by atoms with E-state index in [2.05, 4.69) is 16.2 Å². The minimum absolute atomic E-state index is 0.918. The third kappa shape index (κ3) is 0.669. The second kappa shape index (κ2) is 1.72. The number of hydrogen-bond donors (Lipinski definition) is 1. The normalized spacial score (nSPS) is 15.6. The number of nitrogens with zero attached hydrogens (tertiary/aromatic N) is 1. The lowest BCUT2D eigenvalue weighted by molar-refractivity contribution is 0.955. The van der Waals surface area contributed by atoms with Crippen molar-refractivity contribution in [1.82, 2.24) is 4.98 Å². The lowest BCUT2D eigenvalue weighted by Gasteiger charge is -2.00. The molecule has 0 bridgehead atoms. The Hall–Kier alpha value is -1.05. The fourth-order valence-corrected chi connectivity index (χ4v) is 1.02. The van der Waals surface area contributed by atoms with Gasteiger partial charge in [-0.15, -0.1) is 0 Å². The van der Waals surface area contributed by atoms with E-state index in [0.29, 0.717) is 0 Å². The van der Waals surface area contributed by atoms with Crippen LogP contribution in [-0.2, 0) is 6.42 Å². The molecule has 0 aromatic carbocycles. The van der Waals surface area contributed by atoms with Gasteiger partial charge in [0.25, 0.3) is 0 Å². The monoisotopic (exact) mass is 119 g/mol. The van der Waals surface area contributed by atoms with Gasteiger partial charge in [0.2, 0.25) is 0 Å². The third-order valence-corrected chi connectivity index (χ3v) is 1.52. The lowest BCUT2D eigenvalue weighted by Crippen LogP contribution is -1.98. The molecule has 0 saturated heterocycles. The highest BCUT2D eigenvalue weighted by Gasteiger charge is 2.03. The number of H-pyrrole nitrogens is 1. The van der Waals surface area contributed by atoms with Crippen LogP contribution >= 0.6 is 0 Å². The molecule has 0 amide bonds. The van der Waals surface area contributed by atoms with E-state index in [1.165, 1.54) is 11.1 Å². The van der Waals surface area contributed by atoms with Crippen molar-refractivity contribution in [1.29, 1.82) is 0 Å². The van der Waals surface area contributed by atoms with Gasteiger partial charge < -0.3 is 4.98 Å². The Kier molecular flexibility index (Phi) is 0.918. The molecule has 1 N–H and O–H groups in total. The van der Waals surface area contributed by atoms with E-state index in [-0.39, 0.29) is 0 Å². The summed E-state index contributed by atoms with van der Waals surface area (Å²) in [6, 6.07) is 0. The molecular weight excluding hydrogens is 112 g/mol. The summed E-state index contributed by atoms with van der Waals surface area (Å²) < 4.78 is 0. The van der Waals surface area contributed by atoms with Gasteiger partial charge in [0.05, 0.1) is 6.20 Å². The minimum Gasteiger partial charge on any atom is -0.359 e. The fourth-order valence-electron chi connectivity index (χ4n) is 1.02. The molecule has 45 valence electrons. The Morgan fingerprint density at radius 1 is 1.67 bits per heavy atom. The molecule has 0 saturated carbocycles. The maximum atomic E-state index is 4.13. The van der Waals surface area contributed by atoms with Gasteiger partial charge >= 0.3 is 0 Å². The number of aliphatic imine (C=N–C) groups is 1. The van der Waals surface area contributed by atoms with Crippen LogP contribution in [0, 0.1) is 6.20 Å². The van der Waals surface area contributed by atoms with E-state index >= 15 is 0 Å².